The zero-order chi connectivity index (χ0) is 22.8. The van der Waals surface area contributed by atoms with Gasteiger partial charge in [0.15, 0.2) is 17.4 Å². The van der Waals surface area contributed by atoms with Crippen LogP contribution < -0.4 is 21.3 Å². The first-order valence-electron chi connectivity index (χ1n) is 9.97. The van der Waals surface area contributed by atoms with E-state index in [9.17, 15) is 9.59 Å². The number of hydrogen-bond donors (Lipinski definition) is 3. The Bertz CT molecular complexity index is 1530. The molecule has 0 amide bonds. The van der Waals surface area contributed by atoms with Crippen LogP contribution in [0, 0.1) is 0 Å². The molecule has 0 spiro atoms. The van der Waals surface area contributed by atoms with Crippen molar-refractivity contribution >= 4 is 22.4 Å². The third kappa shape index (κ3) is 4.06. The van der Waals surface area contributed by atoms with Crippen LogP contribution in [0.3, 0.4) is 0 Å². The Labute approximate surface area is 186 Å². The van der Waals surface area contributed by atoms with Crippen LogP contribution >= 0.6 is 0 Å². The molecule has 4 heterocycles. The Kier molecular flexibility index (Phi) is 5.11. The summed E-state index contributed by atoms with van der Waals surface area (Å²) in [6, 6.07) is 12.6. The molecule has 0 saturated heterocycles. The molecule has 33 heavy (non-hydrogen) atoms. The van der Waals surface area contributed by atoms with Crippen LogP contribution in [0.2, 0.25) is 0 Å². The van der Waals surface area contributed by atoms with Crippen molar-refractivity contribution in [3.05, 3.63) is 87.6 Å². The second-order valence-electron chi connectivity index (χ2n) is 7.11. The summed E-state index contributed by atoms with van der Waals surface area (Å²) in [4.78, 5) is 41.2. The number of benzene rings is 1. The third-order valence-electron chi connectivity index (χ3n) is 4.92. The van der Waals surface area contributed by atoms with E-state index < -0.39 is 11.2 Å². The van der Waals surface area contributed by atoms with Crippen molar-refractivity contribution in [2.24, 2.45) is 0 Å². The summed E-state index contributed by atoms with van der Waals surface area (Å²) in [7, 11) is 1.54. The predicted molar refractivity (Wildman–Crippen MR) is 122 cm³/mol. The second-order valence-corrected chi connectivity index (χ2v) is 7.11. The van der Waals surface area contributed by atoms with Crippen molar-refractivity contribution in [2.75, 3.05) is 12.4 Å². The molecule has 0 fully saturated rings. The highest BCUT2D eigenvalue weighted by Crippen LogP contribution is 2.30. The number of aromatic nitrogens is 7. The van der Waals surface area contributed by atoms with Crippen molar-refractivity contribution < 1.29 is 4.74 Å². The van der Waals surface area contributed by atoms with Crippen molar-refractivity contribution in [1.82, 2.24) is 34.7 Å². The van der Waals surface area contributed by atoms with Crippen LogP contribution in [0.25, 0.3) is 22.4 Å². The maximum Gasteiger partial charge on any atom is 0.325 e. The van der Waals surface area contributed by atoms with E-state index in [1.54, 1.807) is 30.4 Å². The molecule has 5 rings (SSSR count). The van der Waals surface area contributed by atoms with E-state index in [2.05, 4.69) is 30.2 Å². The standard InChI is InChI=1S/C22H18N8O3/c1-33-17-11-24-21(28-20(17)25-13-6-8-23-9-7-13)19-15-4-2-3-5-16(15)30(29-19)12-14-10-18(31)27-22(32)26-14/h2-11H,12H2,1H3,(H,23,24,25,28)(H2,26,27,31,32). The van der Waals surface area contributed by atoms with Gasteiger partial charge in [0, 0.05) is 35.2 Å². The number of H-pyrrole nitrogens is 2. The van der Waals surface area contributed by atoms with E-state index in [1.807, 2.05) is 36.4 Å². The van der Waals surface area contributed by atoms with E-state index in [-0.39, 0.29) is 6.54 Å². The molecule has 0 radical (unpaired) electrons. The van der Waals surface area contributed by atoms with E-state index >= 15 is 0 Å². The number of ether oxygens (including phenoxy) is 1. The normalized spacial score (nSPS) is 10.9. The van der Waals surface area contributed by atoms with Crippen molar-refractivity contribution in [3.63, 3.8) is 0 Å². The summed E-state index contributed by atoms with van der Waals surface area (Å²) in [6.45, 7) is 0.192. The molecule has 0 aliphatic carbocycles. The average Bonchev–Trinajstić information content (AvgIpc) is 3.17. The number of rotatable bonds is 6. The number of nitrogens with one attached hydrogen (secondary N) is 3. The first kappa shape index (κ1) is 20.1. The molecule has 0 aliphatic rings. The van der Waals surface area contributed by atoms with Gasteiger partial charge in [0.05, 0.1) is 25.4 Å². The lowest BCUT2D eigenvalue weighted by Crippen LogP contribution is -2.24. The van der Waals surface area contributed by atoms with Crippen molar-refractivity contribution in [3.8, 4) is 17.3 Å². The smallest absolute Gasteiger partial charge is 0.325 e. The topological polar surface area (TPSA) is 143 Å². The van der Waals surface area contributed by atoms with Gasteiger partial charge in [-0.1, -0.05) is 18.2 Å². The Morgan fingerprint density at radius 3 is 2.70 bits per heavy atom. The highest BCUT2D eigenvalue weighted by molar-refractivity contribution is 5.92. The van der Waals surface area contributed by atoms with Gasteiger partial charge in [-0.05, 0) is 18.2 Å². The van der Waals surface area contributed by atoms with Crippen LogP contribution in [0.15, 0.2) is 70.6 Å². The SMILES string of the molecule is COc1cnc(-c2nn(Cc3cc(=O)[nH]c(=O)[nH]3)c3ccccc23)nc1Nc1ccncc1. The molecule has 0 atom stereocenters. The summed E-state index contributed by atoms with van der Waals surface area (Å²) >= 11 is 0. The highest BCUT2D eigenvalue weighted by Gasteiger charge is 2.17. The van der Waals surface area contributed by atoms with Crippen molar-refractivity contribution in [1.29, 1.82) is 0 Å². The van der Waals surface area contributed by atoms with Gasteiger partial charge in [-0.3, -0.25) is 19.4 Å². The first-order chi connectivity index (χ1) is 16.1. The molecule has 5 aromatic rings. The largest absolute Gasteiger partial charge is 0.491 e. The minimum absolute atomic E-state index is 0.192. The van der Waals surface area contributed by atoms with Crippen LogP contribution in [0.1, 0.15) is 5.69 Å². The van der Waals surface area contributed by atoms with Crippen LogP contribution in [-0.2, 0) is 6.54 Å². The zero-order valence-corrected chi connectivity index (χ0v) is 17.4. The molecule has 1 aromatic carbocycles. The Morgan fingerprint density at radius 2 is 1.91 bits per heavy atom. The summed E-state index contributed by atoms with van der Waals surface area (Å²) in [5.41, 5.74) is 1.53. The fourth-order valence-corrected chi connectivity index (χ4v) is 3.47. The molecular weight excluding hydrogens is 424 g/mol. The van der Waals surface area contributed by atoms with Gasteiger partial charge in [0.2, 0.25) is 0 Å². The molecule has 0 aliphatic heterocycles. The van der Waals surface area contributed by atoms with Crippen molar-refractivity contribution in [2.45, 2.75) is 6.54 Å². The quantitative estimate of drug-likeness (QED) is 0.363. The molecule has 11 heteroatoms. The number of para-hydroxylation sites is 1. The van der Waals surface area contributed by atoms with Crippen LogP contribution in [0.4, 0.5) is 11.5 Å². The van der Waals surface area contributed by atoms with E-state index in [0.29, 0.717) is 28.8 Å². The minimum Gasteiger partial charge on any atom is -0.491 e. The fourth-order valence-electron chi connectivity index (χ4n) is 3.47. The van der Waals surface area contributed by atoms with E-state index in [4.69, 9.17) is 9.84 Å². The van der Waals surface area contributed by atoms with Gasteiger partial charge in [0.25, 0.3) is 5.56 Å². The maximum absolute atomic E-state index is 11.7. The molecule has 4 aromatic heterocycles. The lowest BCUT2D eigenvalue weighted by atomic mass is 10.2. The lowest BCUT2D eigenvalue weighted by molar-refractivity contribution is 0.413. The van der Waals surface area contributed by atoms with Gasteiger partial charge in [-0.25, -0.2) is 14.8 Å². The minimum atomic E-state index is -0.570. The fraction of sp³-hybridized carbons (Fsp3) is 0.0909. The molecule has 3 N–H and O–H groups in total. The summed E-state index contributed by atoms with van der Waals surface area (Å²) in [5.74, 6) is 1.34. The van der Waals surface area contributed by atoms with Gasteiger partial charge in [-0.2, -0.15) is 5.10 Å². The van der Waals surface area contributed by atoms with Gasteiger partial charge in [0.1, 0.15) is 5.69 Å². The first-order valence-corrected chi connectivity index (χ1v) is 9.97. The highest BCUT2D eigenvalue weighted by atomic mass is 16.5. The average molecular weight is 442 g/mol. The second kappa shape index (κ2) is 8.38. The molecule has 0 unspecified atom stereocenters. The molecule has 0 bridgehead atoms. The molecule has 0 saturated carbocycles. The van der Waals surface area contributed by atoms with Gasteiger partial charge < -0.3 is 15.0 Å². The molecule has 11 nitrogen and oxygen atoms in total. The third-order valence-corrected chi connectivity index (χ3v) is 4.92. The summed E-state index contributed by atoms with van der Waals surface area (Å²) in [5, 5.41) is 8.73. The number of methoxy groups -OCH3 is 1. The van der Waals surface area contributed by atoms with E-state index in [0.717, 1.165) is 16.6 Å². The zero-order valence-electron chi connectivity index (χ0n) is 17.4. The summed E-state index contributed by atoms with van der Waals surface area (Å²) in [6.07, 6.45) is 4.92. The number of aromatic amines is 2. The number of fused-ring (bicyclic) bond motifs is 1. The van der Waals surface area contributed by atoms with Crippen LogP contribution in [-0.4, -0.2) is 41.8 Å². The Hall–Kier alpha value is -4.80. The van der Waals surface area contributed by atoms with Gasteiger partial charge >= 0.3 is 5.69 Å². The molecular formula is C22H18N8O3. The monoisotopic (exact) mass is 442 g/mol. The van der Waals surface area contributed by atoms with Gasteiger partial charge in [-0.15, -0.1) is 0 Å². The number of pyridine rings is 1. The predicted octanol–water partition coefficient (Wildman–Crippen LogP) is 2.07. The summed E-state index contributed by atoms with van der Waals surface area (Å²) < 4.78 is 7.10. The van der Waals surface area contributed by atoms with Crippen LogP contribution in [0.5, 0.6) is 5.75 Å². The number of nitrogens with zero attached hydrogens (tertiary/aromatic N) is 5. The van der Waals surface area contributed by atoms with E-state index in [1.165, 1.54) is 6.07 Å². The maximum atomic E-state index is 11.7. The number of hydrogen-bond acceptors (Lipinski definition) is 8. The molecule has 164 valence electrons. The Balaban J connectivity index is 1.59. The lowest BCUT2D eigenvalue weighted by Gasteiger charge is -2.10. The number of anilines is 2. The Morgan fingerprint density at radius 1 is 1.09 bits per heavy atom.